The lowest BCUT2D eigenvalue weighted by Crippen LogP contribution is -2.19. The molecule has 0 amide bonds. The van der Waals surface area contributed by atoms with E-state index < -0.39 is 30.3 Å². The van der Waals surface area contributed by atoms with Crippen LogP contribution in [0.1, 0.15) is 10.4 Å². The molecule has 1 aromatic rings. The Bertz CT molecular complexity index is 430. The molecule has 0 saturated carbocycles. The average molecular weight is 268 g/mol. The summed E-state index contributed by atoms with van der Waals surface area (Å²) in [7, 11) is 1.08. The van der Waals surface area contributed by atoms with Gasteiger partial charge in [-0.05, 0) is 18.2 Å². The van der Waals surface area contributed by atoms with E-state index in [9.17, 15) is 22.4 Å². The fourth-order valence-electron chi connectivity index (χ4n) is 1.03. The average Bonchev–Trinajstić information content (AvgIpc) is 2.26. The molecule has 18 heavy (non-hydrogen) atoms. The second kappa shape index (κ2) is 5.67. The van der Waals surface area contributed by atoms with Gasteiger partial charge < -0.3 is 4.74 Å². The SMILES string of the molecule is COOC(=O)c1ccc(OCC(F)(F)F)c(F)c1. The minimum absolute atomic E-state index is 0.214. The molecule has 0 saturated heterocycles. The fourth-order valence-corrected chi connectivity index (χ4v) is 1.03. The molecule has 0 N–H and O–H groups in total. The Balaban J connectivity index is 2.77. The molecule has 8 heteroatoms. The largest absolute Gasteiger partial charge is 0.481 e. The van der Waals surface area contributed by atoms with Gasteiger partial charge in [-0.25, -0.2) is 9.18 Å². The Hall–Kier alpha value is -1.83. The van der Waals surface area contributed by atoms with Crippen LogP contribution in [0.3, 0.4) is 0 Å². The summed E-state index contributed by atoms with van der Waals surface area (Å²) in [6, 6.07) is 2.64. The van der Waals surface area contributed by atoms with Crippen molar-refractivity contribution in [3.63, 3.8) is 0 Å². The zero-order chi connectivity index (χ0) is 13.8. The van der Waals surface area contributed by atoms with Gasteiger partial charge in [-0.15, -0.1) is 0 Å². The number of ether oxygens (including phenoxy) is 1. The maximum absolute atomic E-state index is 13.3. The van der Waals surface area contributed by atoms with Gasteiger partial charge in [-0.3, -0.25) is 4.89 Å². The topological polar surface area (TPSA) is 44.8 Å². The zero-order valence-corrected chi connectivity index (χ0v) is 9.08. The van der Waals surface area contributed by atoms with E-state index in [1.54, 1.807) is 0 Å². The zero-order valence-electron chi connectivity index (χ0n) is 9.08. The maximum Gasteiger partial charge on any atom is 0.422 e. The van der Waals surface area contributed by atoms with Crippen LogP contribution in [0.25, 0.3) is 0 Å². The molecule has 1 aromatic carbocycles. The van der Waals surface area contributed by atoms with Gasteiger partial charge in [0.2, 0.25) is 0 Å². The predicted molar refractivity (Wildman–Crippen MR) is 50.4 cm³/mol. The number of benzene rings is 1. The third-order valence-corrected chi connectivity index (χ3v) is 1.72. The number of carbonyl (C=O) groups excluding carboxylic acids is 1. The Morgan fingerprint density at radius 2 is 2.00 bits per heavy atom. The molecule has 0 bridgehead atoms. The first-order valence-electron chi connectivity index (χ1n) is 4.57. The second-order valence-corrected chi connectivity index (χ2v) is 3.09. The molecule has 1 rings (SSSR count). The van der Waals surface area contributed by atoms with Crippen molar-refractivity contribution in [2.75, 3.05) is 13.7 Å². The van der Waals surface area contributed by atoms with Crippen LogP contribution in [0.4, 0.5) is 17.6 Å². The highest BCUT2D eigenvalue weighted by Gasteiger charge is 2.29. The Kier molecular flexibility index (Phi) is 4.49. The normalized spacial score (nSPS) is 11.2. The number of hydrogen-bond donors (Lipinski definition) is 0. The van der Waals surface area contributed by atoms with Crippen LogP contribution in [-0.4, -0.2) is 25.9 Å². The molecule has 0 fully saturated rings. The maximum atomic E-state index is 13.3. The molecule has 0 radical (unpaired) electrons. The lowest BCUT2D eigenvalue weighted by Gasteiger charge is -2.10. The molecular formula is C10H8F4O4. The summed E-state index contributed by atoms with van der Waals surface area (Å²) in [6.07, 6.45) is -4.57. The van der Waals surface area contributed by atoms with Crippen molar-refractivity contribution in [3.05, 3.63) is 29.6 Å². The molecule has 0 atom stereocenters. The number of halogens is 4. The first-order valence-corrected chi connectivity index (χ1v) is 4.57. The van der Waals surface area contributed by atoms with Gasteiger partial charge in [0, 0.05) is 0 Å². The van der Waals surface area contributed by atoms with Gasteiger partial charge in [0.25, 0.3) is 0 Å². The fraction of sp³-hybridized carbons (Fsp3) is 0.300. The Labute approximate surface area is 99.0 Å². The standard InChI is InChI=1S/C10H8F4O4/c1-16-18-9(15)6-2-3-8(7(11)4-6)17-5-10(12,13)14/h2-4H,5H2,1H3. The minimum Gasteiger partial charge on any atom is -0.481 e. The van der Waals surface area contributed by atoms with Crippen LogP contribution >= 0.6 is 0 Å². The van der Waals surface area contributed by atoms with Gasteiger partial charge >= 0.3 is 12.1 Å². The third-order valence-electron chi connectivity index (χ3n) is 1.72. The highest BCUT2D eigenvalue weighted by atomic mass is 19.4. The summed E-state index contributed by atoms with van der Waals surface area (Å²) < 4.78 is 53.0. The van der Waals surface area contributed by atoms with E-state index in [-0.39, 0.29) is 5.56 Å². The first kappa shape index (κ1) is 14.2. The smallest absolute Gasteiger partial charge is 0.422 e. The monoisotopic (exact) mass is 268 g/mol. The number of rotatable bonds is 4. The van der Waals surface area contributed by atoms with E-state index in [1.807, 2.05) is 0 Å². The van der Waals surface area contributed by atoms with E-state index in [2.05, 4.69) is 14.5 Å². The molecule has 0 aliphatic rings. The van der Waals surface area contributed by atoms with Crippen LogP contribution in [0, 0.1) is 5.82 Å². The van der Waals surface area contributed by atoms with E-state index in [0.717, 1.165) is 19.2 Å². The Morgan fingerprint density at radius 1 is 1.33 bits per heavy atom. The molecular weight excluding hydrogens is 260 g/mol. The summed E-state index contributed by atoms with van der Waals surface area (Å²) in [6.45, 7) is -1.62. The van der Waals surface area contributed by atoms with Gasteiger partial charge in [-0.2, -0.15) is 18.1 Å². The van der Waals surface area contributed by atoms with Gasteiger partial charge in [0.15, 0.2) is 18.2 Å². The summed E-state index contributed by atoms with van der Waals surface area (Å²) in [4.78, 5) is 19.3. The molecule has 0 spiro atoms. The molecule has 4 nitrogen and oxygen atoms in total. The van der Waals surface area contributed by atoms with Crippen molar-refractivity contribution in [3.8, 4) is 5.75 Å². The second-order valence-electron chi connectivity index (χ2n) is 3.09. The molecule has 0 unspecified atom stereocenters. The number of alkyl halides is 3. The lowest BCUT2D eigenvalue weighted by molar-refractivity contribution is -0.216. The molecule has 0 aromatic heterocycles. The van der Waals surface area contributed by atoms with Crippen molar-refractivity contribution in [1.82, 2.24) is 0 Å². The molecule has 0 heterocycles. The Morgan fingerprint density at radius 3 is 2.50 bits per heavy atom. The quantitative estimate of drug-likeness (QED) is 0.478. The molecule has 100 valence electrons. The minimum atomic E-state index is -4.57. The summed E-state index contributed by atoms with van der Waals surface area (Å²) in [5, 5.41) is 0. The molecule has 0 aliphatic heterocycles. The van der Waals surface area contributed by atoms with Crippen molar-refractivity contribution in [2.45, 2.75) is 6.18 Å². The predicted octanol–water partition coefficient (Wildman–Crippen LogP) is 2.49. The van der Waals surface area contributed by atoms with Gasteiger partial charge in [0.05, 0.1) is 12.7 Å². The van der Waals surface area contributed by atoms with Crippen molar-refractivity contribution >= 4 is 5.97 Å². The van der Waals surface area contributed by atoms with Crippen LogP contribution < -0.4 is 4.74 Å². The first-order chi connectivity index (χ1) is 8.33. The van der Waals surface area contributed by atoms with Crippen LogP contribution in [0.2, 0.25) is 0 Å². The van der Waals surface area contributed by atoms with E-state index in [1.165, 1.54) is 0 Å². The summed E-state index contributed by atoms with van der Waals surface area (Å²) in [5.41, 5.74) is -0.214. The van der Waals surface area contributed by atoms with Gasteiger partial charge in [0.1, 0.15) is 0 Å². The van der Waals surface area contributed by atoms with Crippen molar-refractivity contribution in [1.29, 1.82) is 0 Å². The highest BCUT2D eigenvalue weighted by molar-refractivity contribution is 5.89. The van der Waals surface area contributed by atoms with E-state index in [0.29, 0.717) is 6.07 Å². The van der Waals surface area contributed by atoms with E-state index in [4.69, 9.17) is 0 Å². The van der Waals surface area contributed by atoms with Crippen LogP contribution in [0.15, 0.2) is 18.2 Å². The third kappa shape index (κ3) is 4.21. The lowest BCUT2D eigenvalue weighted by atomic mass is 10.2. The summed E-state index contributed by atoms with van der Waals surface area (Å²) in [5.74, 6) is -2.69. The van der Waals surface area contributed by atoms with Crippen molar-refractivity contribution in [2.24, 2.45) is 0 Å². The van der Waals surface area contributed by atoms with E-state index >= 15 is 0 Å². The number of carbonyl (C=O) groups is 1. The van der Waals surface area contributed by atoms with Crippen molar-refractivity contribution < 1.29 is 36.9 Å². The highest BCUT2D eigenvalue weighted by Crippen LogP contribution is 2.22. The molecule has 0 aliphatic carbocycles. The van der Waals surface area contributed by atoms with Crippen LogP contribution in [0.5, 0.6) is 5.75 Å². The summed E-state index contributed by atoms with van der Waals surface area (Å²) >= 11 is 0. The van der Waals surface area contributed by atoms with Gasteiger partial charge in [-0.1, -0.05) is 0 Å². The number of hydrogen-bond acceptors (Lipinski definition) is 4. The van der Waals surface area contributed by atoms with Crippen LogP contribution in [-0.2, 0) is 9.78 Å².